The first-order valence-corrected chi connectivity index (χ1v) is 9.49. The molecule has 1 N–H and O–H groups in total. The summed E-state index contributed by atoms with van der Waals surface area (Å²) < 4.78 is 0. The van der Waals surface area contributed by atoms with Gasteiger partial charge in [-0.05, 0) is 30.5 Å². The number of hydrogen-bond acceptors (Lipinski definition) is 3. The maximum absolute atomic E-state index is 12.9. The smallest absolute Gasteiger partial charge is 0.308 e. The van der Waals surface area contributed by atoms with E-state index in [0.29, 0.717) is 6.54 Å². The molecular formula is C20H23NO3S. The van der Waals surface area contributed by atoms with Gasteiger partial charge in [-0.1, -0.05) is 43.7 Å². The van der Waals surface area contributed by atoms with Crippen LogP contribution in [0.5, 0.6) is 0 Å². The number of thiophene rings is 1. The minimum atomic E-state index is -0.835. The molecular weight excluding hydrogens is 334 g/mol. The molecule has 2 atom stereocenters. The quantitative estimate of drug-likeness (QED) is 0.881. The predicted octanol–water partition coefficient (Wildman–Crippen LogP) is 3.95. The molecule has 1 saturated heterocycles. The van der Waals surface area contributed by atoms with Gasteiger partial charge in [-0.25, -0.2) is 0 Å². The summed E-state index contributed by atoms with van der Waals surface area (Å²) in [7, 11) is 0. The monoisotopic (exact) mass is 357 g/mol. The van der Waals surface area contributed by atoms with Crippen LogP contribution >= 0.6 is 11.3 Å². The third-order valence-corrected chi connectivity index (χ3v) is 5.98. The van der Waals surface area contributed by atoms with E-state index in [1.54, 1.807) is 4.90 Å². The van der Waals surface area contributed by atoms with Crippen LogP contribution in [0.1, 0.15) is 44.9 Å². The number of carbonyl (C=O) groups excluding carboxylic acids is 1. The van der Waals surface area contributed by atoms with Crippen molar-refractivity contribution in [3.63, 3.8) is 0 Å². The molecule has 1 amide bonds. The van der Waals surface area contributed by atoms with Crippen LogP contribution in [0, 0.1) is 12.8 Å². The molecule has 0 aliphatic carbocycles. The minimum absolute atomic E-state index is 0.0415. The lowest BCUT2D eigenvalue weighted by molar-refractivity contribution is -0.141. The van der Waals surface area contributed by atoms with Crippen molar-refractivity contribution in [2.45, 2.75) is 32.6 Å². The highest BCUT2D eigenvalue weighted by Crippen LogP contribution is 2.34. The van der Waals surface area contributed by atoms with Crippen LogP contribution in [0.25, 0.3) is 0 Å². The number of carbonyl (C=O) groups is 2. The molecule has 1 fully saturated rings. The van der Waals surface area contributed by atoms with E-state index in [-0.39, 0.29) is 18.4 Å². The highest BCUT2D eigenvalue weighted by Gasteiger charge is 2.40. The van der Waals surface area contributed by atoms with Crippen molar-refractivity contribution in [2.24, 2.45) is 5.92 Å². The molecule has 0 bridgehead atoms. The van der Waals surface area contributed by atoms with Crippen LogP contribution in [0.2, 0.25) is 0 Å². The first-order chi connectivity index (χ1) is 12.0. The molecule has 4 nitrogen and oxygen atoms in total. The number of aliphatic carboxylic acids is 1. The van der Waals surface area contributed by atoms with E-state index in [1.807, 2.05) is 43.3 Å². The van der Waals surface area contributed by atoms with Gasteiger partial charge in [-0.2, -0.15) is 0 Å². The van der Waals surface area contributed by atoms with E-state index >= 15 is 0 Å². The number of rotatable bonds is 5. The topological polar surface area (TPSA) is 57.6 Å². The molecule has 0 saturated carbocycles. The normalized spacial score (nSPS) is 20.0. The van der Waals surface area contributed by atoms with E-state index in [4.69, 9.17) is 0 Å². The van der Waals surface area contributed by atoms with Gasteiger partial charge in [0.05, 0.1) is 10.8 Å². The Kier molecular flexibility index (Phi) is 5.23. The number of benzene rings is 1. The van der Waals surface area contributed by atoms with Gasteiger partial charge in [-0.3, -0.25) is 9.59 Å². The standard InChI is InChI=1S/C20H23NO3S/c1-3-7-15-10-18(25-13(15)2)19(22)21-11-16(17(12-21)20(23)24)14-8-5-4-6-9-14/h4-6,8-10,16-17H,3,7,11-12H2,1-2H3,(H,23,24). The summed E-state index contributed by atoms with van der Waals surface area (Å²) in [5.41, 5.74) is 2.21. The van der Waals surface area contributed by atoms with E-state index < -0.39 is 11.9 Å². The SMILES string of the molecule is CCCc1cc(C(=O)N2CC(C(=O)O)C(c3ccccc3)C2)sc1C. The van der Waals surface area contributed by atoms with Gasteiger partial charge in [0, 0.05) is 23.9 Å². The first-order valence-electron chi connectivity index (χ1n) is 8.67. The highest BCUT2D eigenvalue weighted by atomic mass is 32.1. The Balaban J connectivity index is 1.82. The Morgan fingerprint density at radius 1 is 1.24 bits per heavy atom. The van der Waals surface area contributed by atoms with Gasteiger partial charge in [0.25, 0.3) is 5.91 Å². The number of nitrogens with zero attached hydrogens (tertiary/aromatic N) is 1. The van der Waals surface area contributed by atoms with Crippen LogP contribution < -0.4 is 0 Å². The van der Waals surface area contributed by atoms with Crippen LogP contribution in [0.4, 0.5) is 0 Å². The molecule has 1 aliphatic heterocycles. The summed E-state index contributed by atoms with van der Waals surface area (Å²) in [5.74, 6) is -1.58. The van der Waals surface area contributed by atoms with Gasteiger partial charge in [-0.15, -0.1) is 11.3 Å². The summed E-state index contributed by atoms with van der Waals surface area (Å²) in [6.07, 6.45) is 2.02. The zero-order valence-electron chi connectivity index (χ0n) is 14.6. The minimum Gasteiger partial charge on any atom is -0.481 e. The van der Waals surface area contributed by atoms with E-state index in [1.165, 1.54) is 21.8 Å². The Hall–Kier alpha value is -2.14. The maximum Gasteiger partial charge on any atom is 0.308 e. The van der Waals surface area contributed by atoms with Crippen molar-refractivity contribution in [1.29, 1.82) is 0 Å². The lowest BCUT2D eigenvalue weighted by Gasteiger charge is -2.15. The summed E-state index contributed by atoms with van der Waals surface area (Å²) in [6, 6.07) is 11.6. The van der Waals surface area contributed by atoms with E-state index in [9.17, 15) is 14.7 Å². The van der Waals surface area contributed by atoms with Gasteiger partial charge in [0.2, 0.25) is 0 Å². The van der Waals surface area contributed by atoms with Gasteiger partial charge < -0.3 is 10.0 Å². The second-order valence-electron chi connectivity index (χ2n) is 6.61. The van der Waals surface area contributed by atoms with Gasteiger partial charge in [0.15, 0.2) is 0 Å². The Morgan fingerprint density at radius 2 is 1.96 bits per heavy atom. The molecule has 2 heterocycles. The zero-order chi connectivity index (χ0) is 18.0. The number of carboxylic acid groups (broad SMARTS) is 1. The van der Waals surface area contributed by atoms with E-state index in [2.05, 4.69) is 6.92 Å². The molecule has 3 rings (SSSR count). The molecule has 0 spiro atoms. The van der Waals surface area contributed by atoms with Crippen molar-refractivity contribution in [3.8, 4) is 0 Å². The largest absolute Gasteiger partial charge is 0.481 e. The van der Waals surface area contributed by atoms with Crippen molar-refractivity contribution < 1.29 is 14.7 Å². The Morgan fingerprint density at radius 3 is 2.60 bits per heavy atom. The maximum atomic E-state index is 12.9. The second-order valence-corrected chi connectivity index (χ2v) is 7.87. The number of aryl methyl sites for hydroxylation is 2. The molecule has 1 aromatic heterocycles. The van der Waals surface area contributed by atoms with Crippen LogP contribution in [0.3, 0.4) is 0 Å². The van der Waals surface area contributed by atoms with Crippen molar-refractivity contribution in [1.82, 2.24) is 4.90 Å². The second kappa shape index (κ2) is 7.40. The molecule has 5 heteroatoms. The fourth-order valence-corrected chi connectivity index (χ4v) is 4.60. The highest BCUT2D eigenvalue weighted by molar-refractivity contribution is 7.14. The van der Waals surface area contributed by atoms with Crippen molar-refractivity contribution >= 4 is 23.2 Å². The number of amides is 1. The fraction of sp³-hybridized carbons (Fsp3) is 0.400. The summed E-state index contributed by atoms with van der Waals surface area (Å²) >= 11 is 1.52. The average molecular weight is 357 g/mol. The summed E-state index contributed by atoms with van der Waals surface area (Å²) in [4.78, 5) is 28.2. The van der Waals surface area contributed by atoms with Crippen LogP contribution in [0.15, 0.2) is 36.4 Å². The molecule has 2 unspecified atom stereocenters. The Bertz CT molecular complexity index is 769. The molecule has 2 aromatic rings. The fourth-order valence-electron chi connectivity index (χ4n) is 3.56. The number of likely N-dealkylation sites (tertiary alicyclic amines) is 1. The third-order valence-electron chi connectivity index (χ3n) is 4.90. The van der Waals surface area contributed by atoms with Crippen molar-refractivity contribution in [2.75, 3.05) is 13.1 Å². The first kappa shape index (κ1) is 17.7. The molecule has 0 radical (unpaired) electrons. The number of carboxylic acids is 1. The number of hydrogen-bond donors (Lipinski definition) is 1. The van der Waals surface area contributed by atoms with Crippen LogP contribution in [-0.4, -0.2) is 35.0 Å². The lowest BCUT2D eigenvalue weighted by atomic mass is 9.89. The van der Waals surface area contributed by atoms with E-state index in [0.717, 1.165) is 23.3 Å². The van der Waals surface area contributed by atoms with Gasteiger partial charge in [0.1, 0.15) is 0 Å². The zero-order valence-corrected chi connectivity index (χ0v) is 15.4. The molecule has 25 heavy (non-hydrogen) atoms. The molecule has 132 valence electrons. The predicted molar refractivity (Wildman–Crippen MR) is 99.3 cm³/mol. The third kappa shape index (κ3) is 3.61. The average Bonchev–Trinajstić information content (AvgIpc) is 3.20. The summed E-state index contributed by atoms with van der Waals surface area (Å²) in [5, 5.41) is 9.60. The Labute approximate surface area is 152 Å². The molecule has 1 aromatic carbocycles. The van der Waals surface area contributed by atoms with Gasteiger partial charge >= 0.3 is 5.97 Å². The van der Waals surface area contributed by atoms with Crippen LogP contribution in [-0.2, 0) is 11.2 Å². The summed E-state index contributed by atoms with van der Waals surface area (Å²) in [6.45, 7) is 4.90. The molecule has 1 aliphatic rings. The lowest BCUT2D eigenvalue weighted by Crippen LogP contribution is -2.29. The van der Waals surface area contributed by atoms with Crippen molar-refractivity contribution in [3.05, 3.63) is 57.3 Å².